The van der Waals surface area contributed by atoms with E-state index in [9.17, 15) is 8.42 Å². The standard InChI is InChI=1S/C13H13IN2O3S/c1-19-9-6-7-13(11(15)8-9)20(17,18)16-12-5-3-2-4-10(12)14/h2-8,16H,15H2,1H3. The number of nitrogens with two attached hydrogens (primary N) is 1. The summed E-state index contributed by atoms with van der Waals surface area (Å²) < 4.78 is 33.0. The van der Waals surface area contributed by atoms with Crippen LogP contribution in [0.25, 0.3) is 0 Å². The van der Waals surface area contributed by atoms with Crippen LogP contribution < -0.4 is 15.2 Å². The lowest BCUT2D eigenvalue weighted by Crippen LogP contribution is -2.15. The van der Waals surface area contributed by atoms with Crippen molar-refractivity contribution in [1.29, 1.82) is 0 Å². The third kappa shape index (κ3) is 3.15. The number of hydrogen-bond acceptors (Lipinski definition) is 4. The van der Waals surface area contributed by atoms with Crippen molar-refractivity contribution < 1.29 is 13.2 Å². The van der Waals surface area contributed by atoms with Crippen LogP contribution in [0.15, 0.2) is 47.4 Å². The van der Waals surface area contributed by atoms with Gasteiger partial charge in [-0.3, -0.25) is 4.72 Å². The molecule has 3 N–H and O–H groups in total. The van der Waals surface area contributed by atoms with Gasteiger partial charge in [-0.2, -0.15) is 0 Å². The van der Waals surface area contributed by atoms with E-state index in [0.29, 0.717) is 11.4 Å². The number of nitrogens with one attached hydrogen (secondary N) is 1. The summed E-state index contributed by atoms with van der Waals surface area (Å²) >= 11 is 2.06. The summed E-state index contributed by atoms with van der Waals surface area (Å²) in [6.07, 6.45) is 0. The van der Waals surface area contributed by atoms with Gasteiger partial charge in [0.25, 0.3) is 10.0 Å². The van der Waals surface area contributed by atoms with Crippen LogP contribution in [0.2, 0.25) is 0 Å². The molecule has 0 heterocycles. The van der Waals surface area contributed by atoms with Crippen LogP contribution >= 0.6 is 22.6 Å². The zero-order chi connectivity index (χ0) is 14.8. The van der Waals surface area contributed by atoms with Crippen LogP contribution in [0.3, 0.4) is 0 Å². The SMILES string of the molecule is COc1ccc(S(=O)(=O)Nc2ccccc2I)c(N)c1. The number of ether oxygens (including phenoxy) is 1. The van der Waals surface area contributed by atoms with E-state index in [0.717, 1.165) is 3.57 Å². The predicted octanol–water partition coefficient (Wildman–Crippen LogP) is 2.68. The number of rotatable bonds is 4. The van der Waals surface area contributed by atoms with Crippen LogP contribution in [0, 0.1) is 3.57 Å². The van der Waals surface area contributed by atoms with Crippen LogP contribution in [0.4, 0.5) is 11.4 Å². The minimum absolute atomic E-state index is 0.0259. The topological polar surface area (TPSA) is 81.4 Å². The van der Waals surface area contributed by atoms with E-state index in [1.807, 2.05) is 12.1 Å². The van der Waals surface area contributed by atoms with Crippen molar-refractivity contribution in [2.24, 2.45) is 0 Å². The van der Waals surface area contributed by atoms with E-state index in [2.05, 4.69) is 27.3 Å². The average molecular weight is 404 g/mol. The summed E-state index contributed by atoms with van der Waals surface area (Å²) in [7, 11) is -2.23. The highest BCUT2D eigenvalue weighted by atomic mass is 127. The molecule has 20 heavy (non-hydrogen) atoms. The molecule has 0 saturated carbocycles. The van der Waals surface area contributed by atoms with E-state index in [1.165, 1.54) is 19.2 Å². The molecule has 0 atom stereocenters. The molecule has 2 aromatic rings. The Morgan fingerprint density at radius 3 is 2.50 bits per heavy atom. The Labute approximate surface area is 131 Å². The quantitative estimate of drug-likeness (QED) is 0.607. The molecule has 0 spiro atoms. The largest absolute Gasteiger partial charge is 0.497 e. The highest BCUT2D eigenvalue weighted by Gasteiger charge is 2.18. The first-order valence-electron chi connectivity index (χ1n) is 5.65. The number of benzene rings is 2. The van der Waals surface area contributed by atoms with Crippen LogP contribution in [0.5, 0.6) is 5.75 Å². The van der Waals surface area contributed by atoms with E-state index in [1.54, 1.807) is 18.2 Å². The number of sulfonamides is 1. The maximum atomic E-state index is 12.3. The van der Waals surface area contributed by atoms with E-state index < -0.39 is 10.0 Å². The highest BCUT2D eigenvalue weighted by molar-refractivity contribution is 14.1. The summed E-state index contributed by atoms with van der Waals surface area (Å²) in [6.45, 7) is 0. The molecule has 0 aliphatic heterocycles. The molecule has 0 fully saturated rings. The van der Waals surface area contributed by atoms with Gasteiger partial charge in [0.2, 0.25) is 0 Å². The first-order chi connectivity index (χ1) is 9.44. The lowest BCUT2D eigenvalue weighted by atomic mass is 10.3. The fourth-order valence-corrected chi connectivity index (χ4v) is 3.54. The Morgan fingerprint density at radius 2 is 1.90 bits per heavy atom. The van der Waals surface area contributed by atoms with Crippen molar-refractivity contribution >= 4 is 44.0 Å². The first-order valence-corrected chi connectivity index (χ1v) is 8.21. The normalized spacial score (nSPS) is 11.1. The molecule has 106 valence electrons. The number of para-hydroxylation sites is 1. The smallest absolute Gasteiger partial charge is 0.263 e. The molecule has 0 saturated heterocycles. The maximum absolute atomic E-state index is 12.3. The molecule has 0 unspecified atom stereocenters. The van der Waals surface area contributed by atoms with Gasteiger partial charge >= 0.3 is 0 Å². The van der Waals surface area contributed by atoms with Crippen LogP contribution in [-0.4, -0.2) is 15.5 Å². The predicted molar refractivity (Wildman–Crippen MR) is 87.4 cm³/mol. The second-order valence-electron chi connectivity index (χ2n) is 3.99. The molecular formula is C13H13IN2O3S. The van der Waals surface area contributed by atoms with Gasteiger partial charge in [-0.1, -0.05) is 12.1 Å². The number of anilines is 2. The Morgan fingerprint density at radius 1 is 1.20 bits per heavy atom. The van der Waals surface area contributed by atoms with Crippen molar-refractivity contribution in [2.75, 3.05) is 17.6 Å². The third-order valence-corrected chi connectivity index (χ3v) is 5.00. The molecule has 7 heteroatoms. The van der Waals surface area contributed by atoms with E-state index >= 15 is 0 Å². The lowest BCUT2D eigenvalue weighted by Gasteiger charge is -2.12. The zero-order valence-electron chi connectivity index (χ0n) is 10.6. The molecule has 0 aliphatic rings. The Balaban J connectivity index is 2.39. The van der Waals surface area contributed by atoms with Gasteiger partial charge in [-0.05, 0) is 46.9 Å². The van der Waals surface area contributed by atoms with Gasteiger partial charge in [-0.15, -0.1) is 0 Å². The Bertz CT molecular complexity index is 732. The molecule has 0 radical (unpaired) electrons. The van der Waals surface area contributed by atoms with Crippen LogP contribution in [0.1, 0.15) is 0 Å². The maximum Gasteiger partial charge on any atom is 0.263 e. The lowest BCUT2D eigenvalue weighted by molar-refractivity contribution is 0.414. The number of methoxy groups -OCH3 is 1. The number of halogens is 1. The van der Waals surface area contributed by atoms with Gasteiger partial charge in [0, 0.05) is 9.64 Å². The minimum Gasteiger partial charge on any atom is -0.497 e. The average Bonchev–Trinajstić information content (AvgIpc) is 2.40. The fourth-order valence-electron chi connectivity index (χ4n) is 1.64. The van der Waals surface area contributed by atoms with E-state index in [-0.39, 0.29) is 10.6 Å². The summed E-state index contributed by atoms with van der Waals surface area (Å²) in [4.78, 5) is 0.0259. The summed E-state index contributed by atoms with van der Waals surface area (Å²) in [5.74, 6) is 0.510. The Kier molecular flexibility index (Phi) is 4.39. The van der Waals surface area contributed by atoms with Gasteiger partial charge < -0.3 is 10.5 Å². The molecule has 5 nitrogen and oxygen atoms in total. The van der Waals surface area contributed by atoms with Crippen molar-refractivity contribution in [3.05, 3.63) is 46.0 Å². The second-order valence-corrected chi connectivity index (χ2v) is 6.80. The van der Waals surface area contributed by atoms with Crippen LogP contribution in [-0.2, 0) is 10.0 Å². The molecular weight excluding hydrogens is 391 g/mol. The molecule has 0 aliphatic carbocycles. The number of nitrogen functional groups attached to an aromatic ring is 1. The highest BCUT2D eigenvalue weighted by Crippen LogP contribution is 2.27. The summed E-state index contributed by atoms with van der Waals surface area (Å²) in [5.41, 5.74) is 6.43. The minimum atomic E-state index is -3.73. The third-order valence-electron chi connectivity index (χ3n) is 2.62. The van der Waals surface area contributed by atoms with Crippen molar-refractivity contribution in [3.63, 3.8) is 0 Å². The zero-order valence-corrected chi connectivity index (χ0v) is 13.6. The second kappa shape index (κ2) is 5.88. The van der Waals surface area contributed by atoms with Crippen molar-refractivity contribution in [3.8, 4) is 5.75 Å². The van der Waals surface area contributed by atoms with Gasteiger partial charge in [-0.25, -0.2) is 8.42 Å². The monoisotopic (exact) mass is 404 g/mol. The molecule has 0 aromatic heterocycles. The molecule has 0 amide bonds. The first kappa shape index (κ1) is 14.9. The summed E-state index contributed by atoms with van der Waals surface area (Å²) in [5, 5.41) is 0. The molecule has 0 bridgehead atoms. The molecule has 2 rings (SSSR count). The van der Waals surface area contributed by atoms with E-state index in [4.69, 9.17) is 10.5 Å². The van der Waals surface area contributed by atoms with Gasteiger partial charge in [0.1, 0.15) is 10.6 Å². The van der Waals surface area contributed by atoms with Gasteiger partial charge in [0.05, 0.1) is 18.5 Å². The van der Waals surface area contributed by atoms with Crippen molar-refractivity contribution in [1.82, 2.24) is 0 Å². The molecule has 2 aromatic carbocycles. The summed E-state index contributed by atoms with van der Waals surface area (Å²) in [6, 6.07) is 11.6. The number of hydrogen-bond donors (Lipinski definition) is 2. The van der Waals surface area contributed by atoms with Crippen molar-refractivity contribution in [2.45, 2.75) is 4.90 Å². The fraction of sp³-hybridized carbons (Fsp3) is 0.0769. The van der Waals surface area contributed by atoms with Gasteiger partial charge in [0.15, 0.2) is 0 Å². The Hall–Kier alpha value is -1.48.